The summed E-state index contributed by atoms with van der Waals surface area (Å²) in [6.07, 6.45) is 0. The van der Waals surface area contributed by atoms with Gasteiger partial charge >= 0.3 is 0 Å². The monoisotopic (exact) mass is 286 g/mol. The number of rotatable bonds is 1. The zero-order valence-corrected chi connectivity index (χ0v) is 10.6. The minimum atomic E-state index is 0.602. The molecular weight excluding hydrogens is 280 g/mol. The first-order valence-corrected chi connectivity index (χ1v) is 6.07. The third kappa shape index (κ3) is 1.80. The fourth-order valence-electron chi connectivity index (χ4n) is 1.10. The predicted molar refractivity (Wildman–Crippen MR) is 65.2 cm³/mol. The summed E-state index contributed by atoms with van der Waals surface area (Å²) in [6, 6.07) is 4.02. The zero-order valence-electron chi connectivity index (χ0n) is 7.37. The van der Waals surface area contributed by atoms with Crippen molar-refractivity contribution in [2.45, 2.75) is 6.92 Å². The van der Waals surface area contributed by atoms with E-state index in [1.807, 2.05) is 24.4 Å². The van der Waals surface area contributed by atoms with Crippen molar-refractivity contribution in [1.29, 1.82) is 0 Å². The van der Waals surface area contributed by atoms with Gasteiger partial charge in [0.2, 0.25) is 0 Å². The van der Waals surface area contributed by atoms with Crippen molar-refractivity contribution in [1.82, 2.24) is 9.97 Å². The average molecular weight is 287 g/mol. The first-order valence-electron chi connectivity index (χ1n) is 3.99. The Bertz CT molecular complexity index is 502. The smallest absolute Gasteiger partial charge is 0.149 e. The number of nitrogens with one attached hydrogen (secondary N) is 1. The molecule has 0 bridgehead atoms. The molecule has 2 aromatic heterocycles. The number of H-pyrrole nitrogens is 1. The maximum atomic E-state index is 5.13. The van der Waals surface area contributed by atoms with Gasteiger partial charge in [0.05, 0.1) is 9.35 Å². The summed E-state index contributed by atoms with van der Waals surface area (Å²) in [5.41, 5.74) is 1.01. The normalized spacial score (nSPS) is 10.4. The lowest BCUT2D eigenvalue weighted by Gasteiger charge is -2.02. The zero-order chi connectivity index (χ0) is 10.1. The second-order valence-electron chi connectivity index (χ2n) is 2.81. The van der Waals surface area contributed by atoms with E-state index in [9.17, 15) is 0 Å². The second-order valence-corrected chi connectivity index (χ2v) is 4.93. The average Bonchev–Trinajstić information content (AvgIpc) is 2.66. The van der Waals surface area contributed by atoms with Crippen molar-refractivity contribution in [2.24, 2.45) is 0 Å². The summed E-state index contributed by atoms with van der Waals surface area (Å²) in [5.74, 6) is 0.839. The van der Waals surface area contributed by atoms with E-state index in [-0.39, 0.29) is 0 Å². The molecule has 0 aliphatic heterocycles. The largest absolute Gasteiger partial charge is 0.342 e. The SMILES string of the molecule is Cc1[nH]c(-c2cccs2)nc(=S)c1Br. The van der Waals surface area contributed by atoms with Crippen LogP contribution in [-0.4, -0.2) is 9.97 Å². The highest BCUT2D eigenvalue weighted by Crippen LogP contribution is 2.23. The van der Waals surface area contributed by atoms with Gasteiger partial charge in [-0.15, -0.1) is 11.3 Å². The molecule has 14 heavy (non-hydrogen) atoms. The van der Waals surface area contributed by atoms with Crippen molar-refractivity contribution >= 4 is 39.5 Å². The molecule has 2 nitrogen and oxygen atoms in total. The number of aromatic amines is 1. The maximum Gasteiger partial charge on any atom is 0.149 e. The molecule has 72 valence electrons. The molecule has 0 unspecified atom stereocenters. The van der Waals surface area contributed by atoms with Gasteiger partial charge in [0.25, 0.3) is 0 Å². The van der Waals surface area contributed by atoms with Crippen LogP contribution in [0.4, 0.5) is 0 Å². The Balaban J connectivity index is 2.63. The fourth-order valence-corrected chi connectivity index (χ4v) is 2.20. The number of halogens is 1. The van der Waals surface area contributed by atoms with E-state index in [0.29, 0.717) is 4.64 Å². The van der Waals surface area contributed by atoms with Crippen LogP contribution < -0.4 is 0 Å². The molecule has 2 rings (SSSR count). The molecule has 0 aliphatic rings. The van der Waals surface area contributed by atoms with Crippen LogP contribution in [0.3, 0.4) is 0 Å². The van der Waals surface area contributed by atoms with Gasteiger partial charge in [-0.2, -0.15) is 0 Å². The van der Waals surface area contributed by atoms with E-state index in [1.165, 1.54) is 0 Å². The van der Waals surface area contributed by atoms with Gasteiger partial charge in [-0.3, -0.25) is 0 Å². The van der Waals surface area contributed by atoms with E-state index in [2.05, 4.69) is 25.9 Å². The summed E-state index contributed by atoms with van der Waals surface area (Å²) in [4.78, 5) is 8.61. The fraction of sp³-hybridized carbons (Fsp3) is 0.111. The van der Waals surface area contributed by atoms with Crippen LogP contribution in [0.15, 0.2) is 22.0 Å². The van der Waals surface area contributed by atoms with Gasteiger partial charge < -0.3 is 4.98 Å². The quantitative estimate of drug-likeness (QED) is 0.805. The lowest BCUT2D eigenvalue weighted by atomic mass is 10.4. The predicted octanol–water partition coefficient (Wildman–Crippen LogP) is 3.94. The van der Waals surface area contributed by atoms with Crippen LogP contribution in [0.5, 0.6) is 0 Å². The van der Waals surface area contributed by atoms with Gasteiger partial charge in [-0.05, 0) is 34.3 Å². The molecule has 0 fully saturated rings. The summed E-state index contributed by atoms with van der Waals surface area (Å²) >= 11 is 10.2. The van der Waals surface area contributed by atoms with E-state index in [1.54, 1.807) is 11.3 Å². The molecule has 0 saturated heterocycles. The van der Waals surface area contributed by atoms with Crippen LogP contribution in [-0.2, 0) is 0 Å². The number of hydrogen-bond donors (Lipinski definition) is 1. The summed E-state index contributed by atoms with van der Waals surface area (Å²) in [6.45, 7) is 1.97. The lowest BCUT2D eigenvalue weighted by molar-refractivity contribution is 1.09. The molecule has 2 heterocycles. The lowest BCUT2D eigenvalue weighted by Crippen LogP contribution is -1.92. The first-order chi connectivity index (χ1) is 6.68. The van der Waals surface area contributed by atoms with Crippen LogP contribution in [0.25, 0.3) is 10.7 Å². The Kier molecular flexibility index (Phi) is 2.80. The summed E-state index contributed by atoms with van der Waals surface area (Å²) in [7, 11) is 0. The maximum absolute atomic E-state index is 5.13. The van der Waals surface area contributed by atoms with E-state index < -0.39 is 0 Å². The number of nitrogens with zero attached hydrogens (tertiary/aromatic N) is 1. The number of aryl methyl sites for hydroxylation is 1. The standard InChI is InChI=1S/C9H7BrN2S2/c1-5-7(10)9(13)12-8(11-5)6-3-2-4-14-6/h2-4H,1H3,(H,11,12,13). The first kappa shape index (κ1) is 10.0. The molecule has 0 spiro atoms. The van der Waals surface area contributed by atoms with Crippen molar-refractivity contribution in [3.8, 4) is 10.7 Å². The molecule has 0 saturated carbocycles. The van der Waals surface area contributed by atoms with Crippen molar-refractivity contribution in [3.63, 3.8) is 0 Å². The van der Waals surface area contributed by atoms with Gasteiger partial charge in [0, 0.05) is 5.69 Å². The molecule has 0 radical (unpaired) electrons. The van der Waals surface area contributed by atoms with E-state index in [4.69, 9.17) is 12.2 Å². The van der Waals surface area contributed by atoms with Crippen molar-refractivity contribution in [2.75, 3.05) is 0 Å². The van der Waals surface area contributed by atoms with Crippen LogP contribution in [0, 0.1) is 11.6 Å². The molecule has 1 N–H and O–H groups in total. The Hall–Kier alpha value is -0.520. The topological polar surface area (TPSA) is 28.7 Å². The molecule has 0 atom stereocenters. The molecule has 0 aliphatic carbocycles. The Morgan fingerprint density at radius 2 is 2.36 bits per heavy atom. The van der Waals surface area contributed by atoms with Gasteiger partial charge in [0.15, 0.2) is 0 Å². The van der Waals surface area contributed by atoms with Gasteiger partial charge in [-0.1, -0.05) is 18.3 Å². The van der Waals surface area contributed by atoms with E-state index >= 15 is 0 Å². The van der Waals surface area contributed by atoms with E-state index in [0.717, 1.165) is 20.9 Å². The highest BCUT2D eigenvalue weighted by molar-refractivity contribution is 9.10. The molecule has 0 amide bonds. The van der Waals surface area contributed by atoms with Gasteiger partial charge in [-0.25, -0.2) is 4.98 Å². The Morgan fingerprint density at radius 3 is 2.93 bits per heavy atom. The third-order valence-corrected chi connectivity index (χ3v) is 4.20. The van der Waals surface area contributed by atoms with Crippen LogP contribution in [0.1, 0.15) is 5.69 Å². The molecule has 2 aromatic rings. The number of thiophene rings is 1. The summed E-state index contributed by atoms with van der Waals surface area (Å²) < 4.78 is 1.47. The van der Waals surface area contributed by atoms with Crippen LogP contribution in [0.2, 0.25) is 0 Å². The molecule has 0 aromatic carbocycles. The second kappa shape index (κ2) is 3.92. The number of hydrogen-bond acceptors (Lipinski definition) is 3. The Morgan fingerprint density at radius 1 is 1.57 bits per heavy atom. The highest BCUT2D eigenvalue weighted by atomic mass is 79.9. The highest BCUT2D eigenvalue weighted by Gasteiger charge is 2.04. The molecular formula is C9H7BrN2S2. The molecule has 5 heteroatoms. The third-order valence-electron chi connectivity index (χ3n) is 1.79. The minimum absolute atomic E-state index is 0.602. The van der Waals surface area contributed by atoms with Gasteiger partial charge in [0.1, 0.15) is 10.5 Å². The number of aromatic nitrogens is 2. The minimum Gasteiger partial charge on any atom is -0.342 e. The van der Waals surface area contributed by atoms with Crippen molar-refractivity contribution in [3.05, 3.63) is 32.3 Å². The summed E-state index contributed by atoms with van der Waals surface area (Å²) in [5, 5.41) is 2.02. The van der Waals surface area contributed by atoms with Crippen LogP contribution >= 0.6 is 39.5 Å². The van der Waals surface area contributed by atoms with Crippen molar-refractivity contribution < 1.29 is 0 Å². The Labute approximate surface area is 99.2 Å².